The molecule has 5 rings (SSSR count). The second kappa shape index (κ2) is 9.30. The zero-order valence-electron chi connectivity index (χ0n) is 18.9. The molecule has 1 fully saturated rings. The minimum absolute atomic E-state index is 0.157. The molecule has 0 saturated carbocycles. The molecule has 34 heavy (non-hydrogen) atoms. The summed E-state index contributed by atoms with van der Waals surface area (Å²) in [6, 6.07) is 19.0. The third-order valence-electron chi connectivity index (χ3n) is 6.21. The highest BCUT2D eigenvalue weighted by atomic mass is 19.3. The lowest BCUT2D eigenvalue weighted by atomic mass is 10.1. The van der Waals surface area contributed by atoms with Gasteiger partial charge in [0.05, 0.1) is 11.9 Å². The highest BCUT2D eigenvalue weighted by molar-refractivity contribution is 6.00. The van der Waals surface area contributed by atoms with Crippen LogP contribution >= 0.6 is 0 Å². The van der Waals surface area contributed by atoms with Crippen LogP contribution in [0.25, 0.3) is 16.9 Å². The van der Waals surface area contributed by atoms with Crippen molar-refractivity contribution in [3.8, 4) is 11.3 Å². The van der Waals surface area contributed by atoms with Crippen molar-refractivity contribution in [1.82, 2.24) is 24.4 Å². The maximum Gasteiger partial charge on any atom is 0.280 e. The largest absolute Gasteiger partial charge is 0.336 e. The van der Waals surface area contributed by atoms with E-state index in [4.69, 9.17) is 0 Å². The first kappa shape index (κ1) is 22.2. The topological polar surface area (TPSA) is 53.7 Å². The Morgan fingerprint density at radius 2 is 1.71 bits per heavy atom. The van der Waals surface area contributed by atoms with Crippen LogP contribution in [0.3, 0.4) is 0 Å². The Hall–Kier alpha value is -3.65. The zero-order valence-corrected chi connectivity index (χ0v) is 18.9. The summed E-state index contributed by atoms with van der Waals surface area (Å²) in [5, 5.41) is 4.09. The van der Waals surface area contributed by atoms with E-state index in [0.29, 0.717) is 24.3 Å². The van der Waals surface area contributed by atoms with E-state index in [9.17, 15) is 13.6 Å². The van der Waals surface area contributed by atoms with Crippen molar-refractivity contribution in [3.05, 3.63) is 89.2 Å². The number of carbonyl (C=O) groups is 1. The first-order chi connectivity index (χ1) is 16.5. The van der Waals surface area contributed by atoms with Gasteiger partial charge >= 0.3 is 0 Å². The van der Waals surface area contributed by atoms with E-state index in [1.54, 1.807) is 4.90 Å². The molecule has 174 valence electrons. The molecular weight excluding hydrogens is 436 g/mol. The summed E-state index contributed by atoms with van der Waals surface area (Å²) in [6.45, 7) is 5.39. The highest BCUT2D eigenvalue weighted by Gasteiger charge is 2.27. The minimum atomic E-state index is -2.75. The van der Waals surface area contributed by atoms with Gasteiger partial charge in [0, 0.05) is 38.3 Å². The number of aromatic nitrogens is 3. The number of fused-ring (bicyclic) bond motifs is 1. The van der Waals surface area contributed by atoms with Gasteiger partial charge in [0.1, 0.15) is 11.3 Å². The summed E-state index contributed by atoms with van der Waals surface area (Å²) in [6.07, 6.45) is -1.40. The summed E-state index contributed by atoms with van der Waals surface area (Å²) >= 11 is 0. The number of aryl methyl sites for hydroxylation is 1. The number of piperazine rings is 1. The van der Waals surface area contributed by atoms with Gasteiger partial charge in [-0.15, -0.1) is 0 Å². The summed E-state index contributed by atoms with van der Waals surface area (Å²) in [4.78, 5) is 22.0. The van der Waals surface area contributed by atoms with Crippen LogP contribution in [0.5, 0.6) is 0 Å². The molecule has 0 atom stereocenters. The van der Waals surface area contributed by atoms with Crippen molar-refractivity contribution < 1.29 is 13.6 Å². The number of benzene rings is 2. The van der Waals surface area contributed by atoms with Gasteiger partial charge in [-0.3, -0.25) is 9.69 Å². The second-order valence-electron chi connectivity index (χ2n) is 8.58. The number of hydrogen-bond donors (Lipinski definition) is 0. The first-order valence-corrected chi connectivity index (χ1v) is 11.3. The maximum absolute atomic E-state index is 13.9. The van der Waals surface area contributed by atoms with Gasteiger partial charge < -0.3 is 4.90 Å². The van der Waals surface area contributed by atoms with Gasteiger partial charge in [-0.2, -0.15) is 5.10 Å². The fourth-order valence-electron chi connectivity index (χ4n) is 4.29. The maximum atomic E-state index is 13.9. The van der Waals surface area contributed by atoms with E-state index in [2.05, 4.69) is 27.1 Å². The number of alkyl halides is 2. The molecule has 8 heteroatoms. The molecule has 0 bridgehead atoms. The number of halogens is 2. The standard InChI is InChI=1S/C26H25F2N5O/c1-18-7-9-20(10-8-18)22-15-23(24(27)28)33-25(30-22)21(16-29-33)26(34)32-13-11-31(12-14-32)17-19-5-3-2-4-6-19/h2-10,15-16,24H,11-14,17H2,1H3. The van der Waals surface area contributed by atoms with Crippen LogP contribution < -0.4 is 0 Å². The van der Waals surface area contributed by atoms with Gasteiger partial charge in [0.2, 0.25) is 0 Å². The number of hydrogen-bond acceptors (Lipinski definition) is 4. The van der Waals surface area contributed by atoms with E-state index >= 15 is 0 Å². The summed E-state index contributed by atoms with van der Waals surface area (Å²) in [5.74, 6) is -0.233. The Bertz CT molecular complexity index is 1300. The van der Waals surface area contributed by atoms with Crippen molar-refractivity contribution in [1.29, 1.82) is 0 Å². The lowest BCUT2D eigenvalue weighted by Crippen LogP contribution is -2.48. The first-order valence-electron chi connectivity index (χ1n) is 11.3. The molecule has 1 saturated heterocycles. The molecule has 4 aromatic rings. The zero-order chi connectivity index (χ0) is 23.7. The van der Waals surface area contributed by atoms with Crippen LogP contribution in [-0.2, 0) is 6.54 Å². The summed E-state index contributed by atoms with van der Waals surface area (Å²) in [7, 11) is 0. The fraction of sp³-hybridized carbons (Fsp3) is 0.269. The molecule has 0 aliphatic carbocycles. The average molecular weight is 462 g/mol. The quantitative estimate of drug-likeness (QED) is 0.436. The number of rotatable bonds is 5. The molecule has 6 nitrogen and oxygen atoms in total. The van der Waals surface area contributed by atoms with E-state index in [0.717, 1.165) is 29.7 Å². The van der Waals surface area contributed by atoms with E-state index < -0.39 is 6.43 Å². The van der Waals surface area contributed by atoms with Crippen LogP contribution in [-0.4, -0.2) is 56.5 Å². The van der Waals surface area contributed by atoms with Crippen molar-refractivity contribution in [2.24, 2.45) is 0 Å². The predicted molar refractivity (Wildman–Crippen MR) is 126 cm³/mol. The number of carbonyl (C=O) groups excluding carboxylic acids is 1. The van der Waals surface area contributed by atoms with Gasteiger partial charge in [-0.05, 0) is 18.6 Å². The molecule has 3 heterocycles. The SMILES string of the molecule is Cc1ccc(-c2cc(C(F)F)n3ncc(C(=O)N4CCN(Cc5ccccc5)CC4)c3n2)cc1. The third-order valence-corrected chi connectivity index (χ3v) is 6.21. The molecular formula is C26H25F2N5O. The molecule has 1 aliphatic rings. The van der Waals surface area contributed by atoms with Crippen molar-refractivity contribution in [2.75, 3.05) is 26.2 Å². The highest BCUT2D eigenvalue weighted by Crippen LogP contribution is 2.27. The van der Waals surface area contributed by atoms with Crippen molar-refractivity contribution in [3.63, 3.8) is 0 Å². The normalized spacial score (nSPS) is 14.8. The monoisotopic (exact) mass is 461 g/mol. The van der Waals surface area contributed by atoms with Crippen LogP contribution in [0, 0.1) is 6.92 Å². The van der Waals surface area contributed by atoms with Gasteiger partial charge in [-0.25, -0.2) is 18.3 Å². The number of amides is 1. The Kier molecular flexibility index (Phi) is 6.06. The average Bonchev–Trinajstić information content (AvgIpc) is 3.28. The molecule has 0 N–H and O–H groups in total. The second-order valence-corrected chi connectivity index (χ2v) is 8.58. The Labute approximate surface area is 196 Å². The Morgan fingerprint density at radius 1 is 1.00 bits per heavy atom. The Morgan fingerprint density at radius 3 is 2.38 bits per heavy atom. The smallest absolute Gasteiger partial charge is 0.280 e. The molecule has 0 spiro atoms. The third kappa shape index (κ3) is 4.41. The van der Waals surface area contributed by atoms with Crippen LogP contribution in [0.1, 0.15) is 33.6 Å². The van der Waals surface area contributed by atoms with Crippen LogP contribution in [0.15, 0.2) is 66.9 Å². The summed E-state index contributed by atoms with van der Waals surface area (Å²) < 4.78 is 28.8. The molecule has 2 aromatic carbocycles. The van der Waals surface area contributed by atoms with Gasteiger partial charge in [0.25, 0.3) is 12.3 Å². The van der Waals surface area contributed by atoms with Crippen molar-refractivity contribution >= 4 is 11.6 Å². The van der Waals surface area contributed by atoms with Crippen LogP contribution in [0.2, 0.25) is 0 Å². The minimum Gasteiger partial charge on any atom is -0.336 e. The molecule has 0 radical (unpaired) electrons. The molecule has 1 amide bonds. The Balaban J connectivity index is 1.40. The van der Waals surface area contributed by atoms with E-state index in [1.165, 1.54) is 17.8 Å². The predicted octanol–water partition coefficient (Wildman–Crippen LogP) is 4.60. The van der Waals surface area contributed by atoms with Gasteiger partial charge in [0.15, 0.2) is 5.65 Å². The lowest BCUT2D eigenvalue weighted by molar-refractivity contribution is 0.0630. The number of nitrogens with zero attached hydrogens (tertiary/aromatic N) is 5. The van der Waals surface area contributed by atoms with Crippen molar-refractivity contribution in [2.45, 2.75) is 19.9 Å². The van der Waals surface area contributed by atoms with E-state index in [-0.39, 0.29) is 22.8 Å². The van der Waals surface area contributed by atoms with E-state index in [1.807, 2.05) is 49.4 Å². The molecule has 2 aromatic heterocycles. The molecule has 1 aliphatic heterocycles. The molecule has 0 unspecified atom stereocenters. The fourth-order valence-corrected chi connectivity index (χ4v) is 4.29. The van der Waals surface area contributed by atoms with Gasteiger partial charge in [-0.1, -0.05) is 60.2 Å². The van der Waals surface area contributed by atoms with Crippen LogP contribution in [0.4, 0.5) is 8.78 Å². The lowest BCUT2D eigenvalue weighted by Gasteiger charge is -2.34. The summed E-state index contributed by atoms with van der Waals surface area (Å²) in [5.41, 5.74) is 3.52.